The summed E-state index contributed by atoms with van der Waals surface area (Å²) in [6.45, 7) is 1.36. The third kappa shape index (κ3) is 4.54. The molecule has 1 unspecified atom stereocenters. The van der Waals surface area contributed by atoms with Gasteiger partial charge in [0.2, 0.25) is 0 Å². The number of methoxy groups -OCH3 is 1. The molecule has 28 heavy (non-hydrogen) atoms. The van der Waals surface area contributed by atoms with Crippen LogP contribution in [0.2, 0.25) is 0 Å². The fourth-order valence-electron chi connectivity index (χ4n) is 3.77. The SMILES string of the molecule is COCCN(/C=C(/C#N)C(=O)N1CCCc2ccccc21)C1CCS(=O)(=O)C1. The summed E-state index contributed by atoms with van der Waals surface area (Å²) in [5.74, 6) is -0.185. The first-order valence-corrected chi connectivity index (χ1v) is 11.2. The molecule has 1 aromatic carbocycles. The Balaban J connectivity index is 1.86. The zero-order valence-corrected chi connectivity index (χ0v) is 16.8. The van der Waals surface area contributed by atoms with Crippen LogP contribution in [0.1, 0.15) is 18.4 Å². The molecular formula is C20H25N3O4S. The Morgan fingerprint density at radius 1 is 1.43 bits per heavy atom. The van der Waals surface area contributed by atoms with Gasteiger partial charge in [-0.15, -0.1) is 0 Å². The lowest BCUT2D eigenvalue weighted by Crippen LogP contribution is -2.39. The number of anilines is 1. The lowest BCUT2D eigenvalue weighted by atomic mass is 10.0. The number of aryl methyl sites for hydroxylation is 1. The normalized spacial score (nSPS) is 21.1. The minimum Gasteiger partial charge on any atom is -0.383 e. The zero-order valence-electron chi connectivity index (χ0n) is 16.0. The number of nitrogens with zero attached hydrogens (tertiary/aromatic N) is 3. The summed E-state index contributed by atoms with van der Waals surface area (Å²) >= 11 is 0. The van der Waals surface area contributed by atoms with Crippen molar-refractivity contribution in [1.82, 2.24) is 4.90 Å². The van der Waals surface area contributed by atoms with Crippen molar-refractivity contribution in [2.24, 2.45) is 0 Å². The maximum Gasteiger partial charge on any atom is 0.270 e. The standard InChI is InChI=1S/C20H25N3O4S/c1-27-11-10-22(18-8-12-28(25,26)15-18)14-17(13-21)20(24)23-9-4-6-16-5-2-3-7-19(16)23/h2-3,5,7,14,18H,4,6,8-12,15H2,1H3/b17-14-. The van der Waals surface area contributed by atoms with E-state index >= 15 is 0 Å². The Morgan fingerprint density at radius 3 is 2.89 bits per heavy atom. The van der Waals surface area contributed by atoms with Crippen LogP contribution in [0.4, 0.5) is 5.69 Å². The molecule has 0 radical (unpaired) electrons. The first-order valence-electron chi connectivity index (χ1n) is 9.42. The Morgan fingerprint density at radius 2 is 2.21 bits per heavy atom. The summed E-state index contributed by atoms with van der Waals surface area (Å²) < 4.78 is 28.9. The molecular weight excluding hydrogens is 378 g/mol. The molecule has 2 heterocycles. The minimum atomic E-state index is -3.08. The van der Waals surface area contributed by atoms with Crippen LogP contribution in [0.25, 0.3) is 0 Å². The minimum absolute atomic E-state index is 0.0112. The second-order valence-corrected chi connectivity index (χ2v) is 9.36. The molecule has 2 aliphatic rings. The summed E-state index contributed by atoms with van der Waals surface area (Å²) in [5, 5.41) is 9.65. The molecule has 0 spiro atoms. The molecule has 2 aliphatic heterocycles. The molecule has 0 aliphatic carbocycles. The van der Waals surface area contributed by atoms with Crippen LogP contribution in [-0.2, 0) is 25.8 Å². The zero-order chi connectivity index (χ0) is 20.1. The number of sulfone groups is 1. The van der Waals surface area contributed by atoms with E-state index < -0.39 is 9.84 Å². The maximum absolute atomic E-state index is 13.1. The highest BCUT2D eigenvalue weighted by atomic mass is 32.2. The van der Waals surface area contributed by atoms with E-state index in [1.54, 1.807) is 16.9 Å². The van der Waals surface area contributed by atoms with E-state index in [1.807, 2.05) is 30.3 Å². The fourth-order valence-corrected chi connectivity index (χ4v) is 5.52. The molecule has 8 heteroatoms. The van der Waals surface area contributed by atoms with Gasteiger partial charge in [-0.3, -0.25) is 4.79 Å². The Hall–Kier alpha value is -2.37. The third-order valence-electron chi connectivity index (χ3n) is 5.23. The van der Waals surface area contributed by atoms with Crippen molar-refractivity contribution in [1.29, 1.82) is 5.26 Å². The van der Waals surface area contributed by atoms with Gasteiger partial charge >= 0.3 is 0 Å². The maximum atomic E-state index is 13.1. The molecule has 1 amide bonds. The largest absolute Gasteiger partial charge is 0.383 e. The molecule has 0 bridgehead atoms. The van der Waals surface area contributed by atoms with Crippen LogP contribution in [0.3, 0.4) is 0 Å². The third-order valence-corrected chi connectivity index (χ3v) is 6.98. The number of benzene rings is 1. The molecule has 1 saturated heterocycles. The number of rotatable bonds is 6. The van der Waals surface area contributed by atoms with E-state index in [-0.39, 0.29) is 29.0 Å². The highest BCUT2D eigenvalue weighted by Gasteiger charge is 2.32. The van der Waals surface area contributed by atoms with E-state index in [1.165, 1.54) is 6.20 Å². The smallest absolute Gasteiger partial charge is 0.270 e. The van der Waals surface area contributed by atoms with Gasteiger partial charge in [0.15, 0.2) is 9.84 Å². The molecule has 0 N–H and O–H groups in total. The predicted octanol–water partition coefficient (Wildman–Crippen LogP) is 1.51. The molecule has 1 aromatic rings. The second kappa shape index (κ2) is 8.76. The lowest BCUT2D eigenvalue weighted by Gasteiger charge is -2.30. The predicted molar refractivity (Wildman–Crippen MR) is 106 cm³/mol. The molecule has 150 valence electrons. The van der Waals surface area contributed by atoms with Crippen molar-refractivity contribution >= 4 is 21.4 Å². The Kier molecular flexibility index (Phi) is 6.37. The first kappa shape index (κ1) is 20.4. The van der Waals surface area contributed by atoms with E-state index in [9.17, 15) is 18.5 Å². The molecule has 3 rings (SSSR count). The van der Waals surface area contributed by atoms with E-state index in [0.717, 1.165) is 24.1 Å². The monoisotopic (exact) mass is 403 g/mol. The average Bonchev–Trinajstić information content (AvgIpc) is 3.07. The number of ether oxygens (including phenoxy) is 1. The molecule has 0 saturated carbocycles. The van der Waals surface area contributed by atoms with Crippen molar-refractivity contribution in [3.05, 3.63) is 41.6 Å². The van der Waals surface area contributed by atoms with E-state index in [4.69, 9.17) is 4.74 Å². The number of nitriles is 1. The molecule has 0 aromatic heterocycles. The number of hydrogen-bond donors (Lipinski definition) is 0. The van der Waals surface area contributed by atoms with Gasteiger partial charge in [0, 0.05) is 38.1 Å². The van der Waals surface area contributed by atoms with Crippen molar-refractivity contribution in [3.8, 4) is 6.07 Å². The molecule has 1 atom stereocenters. The van der Waals surface area contributed by atoms with Crippen LogP contribution in [0.5, 0.6) is 0 Å². The average molecular weight is 404 g/mol. The first-order chi connectivity index (χ1) is 13.4. The second-order valence-electron chi connectivity index (χ2n) is 7.13. The van der Waals surface area contributed by atoms with Crippen molar-refractivity contribution in [2.45, 2.75) is 25.3 Å². The summed E-state index contributed by atoms with van der Waals surface area (Å²) in [4.78, 5) is 16.5. The van der Waals surface area contributed by atoms with Gasteiger partial charge in [-0.2, -0.15) is 5.26 Å². The number of fused-ring (bicyclic) bond motifs is 1. The van der Waals surface area contributed by atoms with Crippen LogP contribution in [-0.4, -0.2) is 63.6 Å². The number of carbonyl (C=O) groups is 1. The number of amides is 1. The van der Waals surface area contributed by atoms with Gasteiger partial charge in [0.05, 0.1) is 18.1 Å². The van der Waals surface area contributed by atoms with Crippen molar-refractivity contribution in [3.63, 3.8) is 0 Å². The molecule has 1 fully saturated rings. The Bertz CT molecular complexity index is 904. The Labute approximate surface area is 166 Å². The van der Waals surface area contributed by atoms with Crippen LogP contribution < -0.4 is 4.90 Å². The van der Waals surface area contributed by atoms with Crippen LogP contribution >= 0.6 is 0 Å². The molecule has 7 nitrogen and oxygen atoms in total. The van der Waals surface area contributed by atoms with Crippen LogP contribution in [0.15, 0.2) is 36.0 Å². The van der Waals surface area contributed by atoms with Gasteiger partial charge in [-0.25, -0.2) is 8.42 Å². The highest BCUT2D eigenvalue weighted by molar-refractivity contribution is 7.91. The summed E-state index contributed by atoms with van der Waals surface area (Å²) in [5.41, 5.74) is 1.95. The summed E-state index contributed by atoms with van der Waals surface area (Å²) in [7, 11) is -1.51. The van der Waals surface area contributed by atoms with E-state index in [0.29, 0.717) is 26.1 Å². The van der Waals surface area contributed by atoms with Gasteiger partial charge in [0.1, 0.15) is 11.6 Å². The lowest BCUT2D eigenvalue weighted by molar-refractivity contribution is -0.115. The van der Waals surface area contributed by atoms with Gasteiger partial charge in [-0.1, -0.05) is 18.2 Å². The van der Waals surface area contributed by atoms with Crippen LogP contribution in [0, 0.1) is 11.3 Å². The number of carbonyl (C=O) groups excluding carboxylic acids is 1. The van der Waals surface area contributed by atoms with Gasteiger partial charge in [-0.05, 0) is 30.9 Å². The summed E-state index contributed by atoms with van der Waals surface area (Å²) in [6.07, 6.45) is 3.76. The van der Waals surface area contributed by atoms with E-state index in [2.05, 4.69) is 0 Å². The van der Waals surface area contributed by atoms with Crippen molar-refractivity contribution < 1.29 is 17.9 Å². The van der Waals surface area contributed by atoms with Gasteiger partial charge < -0.3 is 14.5 Å². The van der Waals surface area contributed by atoms with Gasteiger partial charge in [0.25, 0.3) is 5.91 Å². The quantitative estimate of drug-likeness (QED) is 0.528. The number of hydrogen-bond acceptors (Lipinski definition) is 6. The van der Waals surface area contributed by atoms with Crippen molar-refractivity contribution in [2.75, 3.05) is 43.2 Å². The fraction of sp³-hybridized carbons (Fsp3) is 0.500. The highest BCUT2D eigenvalue weighted by Crippen LogP contribution is 2.28. The number of para-hydroxylation sites is 1. The topological polar surface area (TPSA) is 90.7 Å². The summed E-state index contributed by atoms with van der Waals surface area (Å²) in [6, 6.07) is 9.50.